The number of aromatic nitrogens is 2. The van der Waals surface area contributed by atoms with Gasteiger partial charge in [0.15, 0.2) is 0 Å². The van der Waals surface area contributed by atoms with E-state index in [-0.39, 0.29) is 5.97 Å². The summed E-state index contributed by atoms with van der Waals surface area (Å²) >= 11 is 0. The molecule has 5 nitrogen and oxygen atoms in total. The summed E-state index contributed by atoms with van der Waals surface area (Å²) in [5.74, 6) is 0.360. The highest BCUT2D eigenvalue weighted by atomic mass is 16.5. The lowest BCUT2D eigenvalue weighted by Gasteiger charge is -2.09. The number of rotatable bonds is 6. The minimum Gasteiger partial charge on any atom is -0.462 e. The fourth-order valence-electron chi connectivity index (χ4n) is 3.23. The number of hydrogen-bond acceptors (Lipinski definition) is 4. The lowest BCUT2D eigenvalue weighted by atomic mass is 10.0. The highest BCUT2D eigenvalue weighted by Gasteiger charge is 2.63. The van der Waals surface area contributed by atoms with E-state index in [1.165, 1.54) is 0 Å². The summed E-state index contributed by atoms with van der Waals surface area (Å²) in [6.45, 7) is 13.0. The van der Waals surface area contributed by atoms with E-state index in [0.717, 1.165) is 12.2 Å². The van der Waals surface area contributed by atoms with Crippen LogP contribution in [0.1, 0.15) is 50.7 Å². The molecule has 21 heavy (non-hydrogen) atoms. The Kier molecular flexibility index (Phi) is 4.15. The molecular weight excluding hydrogens is 266 g/mol. The quantitative estimate of drug-likeness (QED) is 0.818. The summed E-state index contributed by atoms with van der Waals surface area (Å²) in [4.78, 5) is 11.9. The molecule has 0 atom stereocenters. The van der Waals surface area contributed by atoms with Crippen molar-refractivity contribution in [2.75, 3.05) is 13.2 Å². The highest BCUT2D eigenvalue weighted by Crippen LogP contribution is 2.67. The van der Waals surface area contributed by atoms with Gasteiger partial charge in [-0.2, -0.15) is 5.10 Å². The fourth-order valence-corrected chi connectivity index (χ4v) is 3.23. The molecule has 0 saturated heterocycles. The van der Waals surface area contributed by atoms with Crippen molar-refractivity contribution in [3.63, 3.8) is 0 Å². The van der Waals surface area contributed by atoms with Crippen LogP contribution in [0.3, 0.4) is 0 Å². The molecule has 0 aromatic carbocycles. The van der Waals surface area contributed by atoms with Gasteiger partial charge in [0.2, 0.25) is 0 Å². The second kappa shape index (κ2) is 5.44. The predicted molar refractivity (Wildman–Crippen MR) is 81.9 cm³/mol. The lowest BCUT2D eigenvalue weighted by molar-refractivity contribution is 0.0524. The van der Waals surface area contributed by atoms with E-state index in [9.17, 15) is 4.79 Å². The molecule has 1 aliphatic carbocycles. The molecule has 1 aliphatic rings. The van der Waals surface area contributed by atoms with Crippen molar-refractivity contribution in [2.24, 2.45) is 23.8 Å². The molecule has 118 valence electrons. The summed E-state index contributed by atoms with van der Waals surface area (Å²) in [6.07, 6.45) is 1.58. The normalized spacial score (nSPS) is 19.5. The molecule has 0 bridgehead atoms. The Morgan fingerprint density at radius 3 is 2.52 bits per heavy atom. The molecule has 1 aromatic rings. The van der Waals surface area contributed by atoms with Crippen molar-refractivity contribution < 1.29 is 9.53 Å². The van der Waals surface area contributed by atoms with Crippen LogP contribution in [-0.4, -0.2) is 28.9 Å². The Hall–Kier alpha value is -1.36. The molecule has 1 heterocycles. The van der Waals surface area contributed by atoms with Gasteiger partial charge in [-0.05, 0) is 30.2 Å². The maximum atomic E-state index is 11.9. The van der Waals surface area contributed by atoms with Gasteiger partial charge >= 0.3 is 5.97 Å². The number of nitrogens with one attached hydrogen (secondary N) is 1. The molecular formula is C16H27N3O2. The predicted octanol–water partition coefficient (Wildman–Crippen LogP) is 2.37. The largest absolute Gasteiger partial charge is 0.462 e. The Bertz CT molecular complexity index is 518. The van der Waals surface area contributed by atoms with Crippen molar-refractivity contribution in [1.29, 1.82) is 0 Å². The first-order valence-electron chi connectivity index (χ1n) is 7.62. The van der Waals surface area contributed by atoms with Gasteiger partial charge in [0.25, 0.3) is 0 Å². The standard InChI is InChI=1S/C16H27N3O2/c1-7-21-14(20)11-8-18-19(6)12(11)9-17-10-13-15(2,3)16(13,4)5/h8,13,17H,7,9-10H2,1-6H3. The summed E-state index contributed by atoms with van der Waals surface area (Å²) in [5.41, 5.74) is 2.18. The van der Waals surface area contributed by atoms with Gasteiger partial charge in [-0.25, -0.2) is 4.79 Å². The molecule has 0 spiro atoms. The average molecular weight is 293 g/mol. The number of aryl methyl sites for hydroxylation is 1. The Morgan fingerprint density at radius 1 is 1.38 bits per heavy atom. The number of hydrogen-bond donors (Lipinski definition) is 1. The molecule has 0 aliphatic heterocycles. The SMILES string of the molecule is CCOC(=O)c1cnn(C)c1CNCC1C(C)(C)C1(C)C. The molecule has 1 saturated carbocycles. The Balaban J connectivity index is 1.95. The van der Waals surface area contributed by atoms with Gasteiger partial charge in [0.1, 0.15) is 5.56 Å². The van der Waals surface area contributed by atoms with Crippen LogP contribution in [-0.2, 0) is 18.3 Å². The first kappa shape index (κ1) is 16.0. The number of carbonyl (C=O) groups excluding carboxylic acids is 1. The van der Waals surface area contributed by atoms with E-state index in [1.54, 1.807) is 10.9 Å². The van der Waals surface area contributed by atoms with E-state index in [1.807, 2.05) is 14.0 Å². The minimum absolute atomic E-state index is 0.297. The first-order chi connectivity index (χ1) is 9.73. The number of ether oxygens (including phenoxy) is 1. The van der Waals surface area contributed by atoms with Crippen LogP contribution in [0, 0.1) is 16.7 Å². The average Bonchev–Trinajstić information content (AvgIpc) is 2.69. The second-order valence-corrected chi connectivity index (χ2v) is 6.98. The molecule has 1 N–H and O–H groups in total. The van der Waals surface area contributed by atoms with Gasteiger partial charge < -0.3 is 10.1 Å². The van der Waals surface area contributed by atoms with Crippen molar-refractivity contribution in [2.45, 2.75) is 41.2 Å². The summed E-state index contributed by atoms with van der Waals surface area (Å²) in [6, 6.07) is 0. The van der Waals surface area contributed by atoms with Gasteiger partial charge in [-0.15, -0.1) is 0 Å². The number of nitrogens with zero attached hydrogens (tertiary/aromatic N) is 2. The topological polar surface area (TPSA) is 56.1 Å². The number of esters is 1. The molecule has 0 radical (unpaired) electrons. The zero-order chi connectivity index (χ0) is 15.8. The molecule has 0 unspecified atom stereocenters. The van der Waals surface area contributed by atoms with E-state index >= 15 is 0 Å². The maximum Gasteiger partial charge on any atom is 0.341 e. The van der Waals surface area contributed by atoms with Crippen LogP contribution >= 0.6 is 0 Å². The third-order valence-corrected chi connectivity index (χ3v) is 5.52. The molecule has 2 rings (SSSR count). The zero-order valence-electron chi connectivity index (χ0n) is 14.0. The van der Waals surface area contributed by atoms with Crippen LogP contribution in [0.15, 0.2) is 6.20 Å². The third kappa shape index (κ3) is 2.71. The van der Waals surface area contributed by atoms with E-state index < -0.39 is 0 Å². The highest BCUT2D eigenvalue weighted by molar-refractivity contribution is 5.90. The van der Waals surface area contributed by atoms with Crippen LogP contribution in [0.4, 0.5) is 0 Å². The van der Waals surface area contributed by atoms with Crippen molar-refractivity contribution in [3.05, 3.63) is 17.5 Å². The van der Waals surface area contributed by atoms with E-state index in [4.69, 9.17) is 4.74 Å². The van der Waals surface area contributed by atoms with Crippen molar-refractivity contribution >= 4 is 5.97 Å². The maximum absolute atomic E-state index is 11.9. The second-order valence-electron chi connectivity index (χ2n) is 6.98. The summed E-state index contributed by atoms with van der Waals surface area (Å²) < 4.78 is 6.81. The van der Waals surface area contributed by atoms with Crippen molar-refractivity contribution in [3.8, 4) is 0 Å². The Morgan fingerprint density at radius 2 is 2.00 bits per heavy atom. The van der Waals surface area contributed by atoms with Crippen LogP contribution in [0.5, 0.6) is 0 Å². The van der Waals surface area contributed by atoms with Crippen LogP contribution in [0.25, 0.3) is 0 Å². The Labute approximate surface area is 127 Å². The number of carbonyl (C=O) groups is 1. The summed E-state index contributed by atoms with van der Waals surface area (Å²) in [7, 11) is 1.85. The third-order valence-electron chi connectivity index (χ3n) is 5.52. The monoisotopic (exact) mass is 293 g/mol. The van der Waals surface area contributed by atoms with Crippen molar-refractivity contribution in [1.82, 2.24) is 15.1 Å². The lowest BCUT2D eigenvalue weighted by Crippen LogP contribution is -2.22. The fraction of sp³-hybridized carbons (Fsp3) is 0.750. The smallest absolute Gasteiger partial charge is 0.341 e. The molecule has 1 aromatic heterocycles. The minimum atomic E-state index is -0.297. The van der Waals surface area contributed by atoms with E-state index in [2.05, 4.69) is 38.1 Å². The van der Waals surface area contributed by atoms with E-state index in [0.29, 0.717) is 35.5 Å². The zero-order valence-corrected chi connectivity index (χ0v) is 14.0. The summed E-state index contributed by atoms with van der Waals surface area (Å²) in [5, 5.41) is 7.64. The van der Waals surface area contributed by atoms with Gasteiger partial charge in [-0.3, -0.25) is 4.68 Å². The van der Waals surface area contributed by atoms with Gasteiger partial charge in [0.05, 0.1) is 18.5 Å². The molecule has 5 heteroatoms. The molecule has 0 amide bonds. The van der Waals surface area contributed by atoms with Gasteiger partial charge in [0, 0.05) is 13.6 Å². The van der Waals surface area contributed by atoms with Gasteiger partial charge in [-0.1, -0.05) is 27.7 Å². The molecule has 1 fully saturated rings. The van der Waals surface area contributed by atoms with Crippen LogP contribution < -0.4 is 5.32 Å². The first-order valence-corrected chi connectivity index (χ1v) is 7.62. The van der Waals surface area contributed by atoms with Crippen LogP contribution in [0.2, 0.25) is 0 Å².